The molecule has 2 aromatic carbocycles. The minimum atomic E-state index is -0.771. The highest BCUT2D eigenvalue weighted by Gasteiger charge is 2.15. The summed E-state index contributed by atoms with van der Waals surface area (Å²) >= 11 is 0. The van der Waals surface area contributed by atoms with E-state index < -0.39 is 22.3 Å². The standard InChI is InChI=1S/C14H11N3O6/c18-11-4-1-8(5-13(11)20)7-15-16-14(21)9-2-3-10(17(22)23)12(19)6-9/h1-7,18-20H,(H,16,21). The molecule has 23 heavy (non-hydrogen) atoms. The molecule has 0 aromatic heterocycles. The van der Waals surface area contributed by atoms with Crippen LogP contribution in [0.2, 0.25) is 0 Å². The largest absolute Gasteiger partial charge is 0.504 e. The van der Waals surface area contributed by atoms with Gasteiger partial charge in [0.2, 0.25) is 0 Å². The van der Waals surface area contributed by atoms with Crippen molar-refractivity contribution in [3.8, 4) is 17.2 Å². The van der Waals surface area contributed by atoms with Crippen LogP contribution in [0.15, 0.2) is 41.5 Å². The van der Waals surface area contributed by atoms with Crippen LogP contribution in [0.4, 0.5) is 5.69 Å². The lowest BCUT2D eigenvalue weighted by atomic mass is 10.2. The third-order valence-electron chi connectivity index (χ3n) is 2.81. The number of aromatic hydroxyl groups is 3. The molecule has 1 amide bonds. The molecule has 0 atom stereocenters. The van der Waals surface area contributed by atoms with E-state index >= 15 is 0 Å². The van der Waals surface area contributed by atoms with E-state index in [2.05, 4.69) is 10.5 Å². The molecule has 0 heterocycles. The molecule has 2 aromatic rings. The van der Waals surface area contributed by atoms with Crippen LogP contribution in [0, 0.1) is 10.1 Å². The Bertz CT molecular complexity index is 803. The molecule has 4 N–H and O–H groups in total. The van der Waals surface area contributed by atoms with Crippen LogP contribution in [0.5, 0.6) is 17.2 Å². The summed E-state index contributed by atoms with van der Waals surface area (Å²) in [6.45, 7) is 0. The van der Waals surface area contributed by atoms with E-state index in [0.717, 1.165) is 12.1 Å². The van der Waals surface area contributed by atoms with Crippen molar-refractivity contribution in [3.05, 3.63) is 57.6 Å². The topological polar surface area (TPSA) is 145 Å². The Balaban J connectivity index is 2.07. The van der Waals surface area contributed by atoms with Crippen LogP contribution < -0.4 is 5.43 Å². The van der Waals surface area contributed by atoms with Crippen molar-refractivity contribution >= 4 is 17.8 Å². The van der Waals surface area contributed by atoms with Crippen molar-refractivity contribution in [2.75, 3.05) is 0 Å². The van der Waals surface area contributed by atoms with Gasteiger partial charge in [0.05, 0.1) is 11.1 Å². The van der Waals surface area contributed by atoms with Gasteiger partial charge in [-0.3, -0.25) is 14.9 Å². The molecule has 0 saturated carbocycles. The number of phenolic OH excluding ortho intramolecular Hbond substituents is 3. The lowest BCUT2D eigenvalue weighted by molar-refractivity contribution is -0.385. The Hall–Kier alpha value is -3.62. The van der Waals surface area contributed by atoms with E-state index in [1.165, 1.54) is 30.5 Å². The van der Waals surface area contributed by atoms with Crippen molar-refractivity contribution in [1.29, 1.82) is 0 Å². The van der Waals surface area contributed by atoms with Gasteiger partial charge in [0.1, 0.15) is 0 Å². The second kappa shape index (κ2) is 6.43. The number of hydrazone groups is 1. The highest BCUT2D eigenvalue weighted by Crippen LogP contribution is 2.26. The second-order valence-electron chi connectivity index (χ2n) is 4.41. The summed E-state index contributed by atoms with van der Waals surface area (Å²) in [5, 5.41) is 42.1. The van der Waals surface area contributed by atoms with Crippen LogP contribution in [-0.4, -0.2) is 32.4 Å². The van der Waals surface area contributed by atoms with Crippen LogP contribution in [-0.2, 0) is 0 Å². The van der Waals surface area contributed by atoms with Crippen LogP contribution in [0.3, 0.4) is 0 Å². The van der Waals surface area contributed by atoms with E-state index in [1.807, 2.05) is 0 Å². The first-order chi connectivity index (χ1) is 10.9. The average Bonchev–Trinajstić information content (AvgIpc) is 2.50. The van der Waals surface area contributed by atoms with E-state index in [-0.39, 0.29) is 17.1 Å². The Morgan fingerprint density at radius 1 is 1.09 bits per heavy atom. The van der Waals surface area contributed by atoms with E-state index in [0.29, 0.717) is 5.56 Å². The highest BCUT2D eigenvalue weighted by atomic mass is 16.6. The molecule has 0 bridgehead atoms. The number of nitro groups is 1. The average molecular weight is 317 g/mol. The zero-order valence-electron chi connectivity index (χ0n) is 11.5. The van der Waals surface area contributed by atoms with Crippen LogP contribution in [0.1, 0.15) is 15.9 Å². The Kier molecular flexibility index (Phi) is 4.41. The van der Waals surface area contributed by atoms with E-state index in [4.69, 9.17) is 5.11 Å². The number of hydrogen-bond donors (Lipinski definition) is 4. The number of carbonyl (C=O) groups is 1. The van der Waals surface area contributed by atoms with Crippen LogP contribution >= 0.6 is 0 Å². The Morgan fingerprint density at radius 3 is 2.43 bits per heavy atom. The third-order valence-corrected chi connectivity index (χ3v) is 2.81. The molecule has 9 nitrogen and oxygen atoms in total. The van der Waals surface area contributed by atoms with Gasteiger partial charge in [-0.05, 0) is 35.9 Å². The number of carbonyl (C=O) groups excluding carboxylic acids is 1. The number of nitrogens with one attached hydrogen (secondary N) is 1. The fourth-order valence-corrected chi connectivity index (χ4v) is 1.67. The summed E-state index contributed by atoms with van der Waals surface area (Å²) in [4.78, 5) is 21.6. The quantitative estimate of drug-likeness (QED) is 0.291. The van der Waals surface area contributed by atoms with Gasteiger partial charge in [-0.25, -0.2) is 5.43 Å². The Morgan fingerprint density at radius 2 is 1.83 bits per heavy atom. The first-order valence-electron chi connectivity index (χ1n) is 6.21. The minimum Gasteiger partial charge on any atom is -0.504 e. The predicted molar refractivity (Wildman–Crippen MR) is 79.6 cm³/mol. The maximum absolute atomic E-state index is 11.8. The molecule has 0 aliphatic carbocycles. The summed E-state index contributed by atoms with van der Waals surface area (Å²) in [5.74, 6) is -1.93. The van der Waals surface area contributed by atoms with Gasteiger partial charge >= 0.3 is 5.69 Å². The number of phenols is 3. The summed E-state index contributed by atoms with van der Waals surface area (Å²) in [6, 6.07) is 7.09. The van der Waals surface area contributed by atoms with Crippen molar-refractivity contribution in [1.82, 2.24) is 5.43 Å². The highest BCUT2D eigenvalue weighted by molar-refractivity contribution is 5.95. The van der Waals surface area contributed by atoms with Gasteiger partial charge < -0.3 is 15.3 Å². The van der Waals surface area contributed by atoms with Crippen molar-refractivity contribution < 1.29 is 25.0 Å². The van der Waals surface area contributed by atoms with Crippen LogP contribution in [0.25, 0.3) is 0 Å². The number of hydrogen-bond acceptors (Lipinski definition) is 7. The first-order valence-corrected chi connectivity index (χ1v) is 6.21. The SMILES string of the molecule is O=C(NN=Cc1ccc(O)c(O)c1)c1ccc([N+](=O)[O-])c(O)c1. The molecule has 118 valence electrons. The molecule has 0 aliphatic heterocycles. The fourth-order valence-electron chi connectivity index (χ4n) is 1.67. The smallest absolute Gasteiger partial charge is 0.310 e. The maximum Gasteiger partial charge on any atom is 0.310 e. The normalized spacial score (nSPS) is 10.6. The van der Waals surface area contributed by atoms with Gasteiger partial charge in [0, 0.05) is 11.6 Å². The molecular formula is C14H11N3O6. The summed E-state index contributed by atoms with van der Waals surface area (Å²) in [5.41, 5.74) is 2.06. The van der Waals surface area contributed by atoms with Gasteiger partial charge in [-0.2, -0.15) is 5.10 Å². The molecule has 0 unspecified atom stereocenters. The number of amides is 1. The van der Waals surface area contributed by atoms with Gasteiger partial charge in [0.15, 0.2) is 17.2 Å². The van der Waals surface area contributed by atoms with Crippen molar-refractivity contribution in [2.24, 2.45) is 5.10 Å². The lowest BCUT2D eigenvalue weighted by Crippen LogP contribution is -2.17. The second-order valence-corrected chi connectivity index (χ2v) is 4.41. The maximum atomic E-state index is 11.8. The van der Waals surface area contributed by atoms with E-state index in [1.54, 1.807) is 0 Å². The number of nitrogens with zero attached hydrogens (tertiary/aromatic N) is 2. The molecule has 0 saturated heterocycles. The summed E-state index contributed by atoms with van der Waals surface area (Å²) in [7, 11) is 0. The molecule has 0 aliphatic rings. The molecule has 0 fully saturated rings. The third kappa shape index (κ3) is 3.73. The zero-order chi connectivity index (χ0) is 17.0. The summed E-state index contributed by atoms with van der Waals surface area (Å²) in [6.07, 6.45) is 1.22. The molecule has 0 radical (unpaired) electrons. The number of rotatable bonds is 4. The molecule has 0 spiro atoms. The zero-order valence-corrected chi connectivity index (χ0v) is 11.5. The predicted octanol–water partition coefficient (Wildman–Crippen LogP) is 1.48. The fraction of sp³-hybridized carbons (Fsp3) is 0. The van der Waals surface area contributed by atoms with Gasteiger partial charge in [-0.1, -0.05) is 0 Å². The van der Waals surface area contributed by atoms with Crippen molar-refractivity contribution in [3.63, 3.8) is 0 Å². The van der Waals surface area contributed by atoms with Gasteiger partial charge in [-0.15, -0.1) is 0 Å². The monoisotopic (exact) mass is 317 g/mol. The number of nitro benzene ring substituents is 1. The summed E-state index contributed by atoms with van der Waals surface area (Å²) < 4.78 is 0. The minimum absolute atomic E-state index is 0.0150. The van der Waals surface area contributed by atoms with Crippen molar-refractivity contribution in [2.45, 2.75) is 0 Å². The number of benzene rings is 2. The molecule has 2 rings (SSSR count). The van der Waals surface area contributed by atoms with E-state index in [9.17, 15) is 25.1 Å². The first kappa shape index (κ1) is 15.8. The molecule has 9 heteroatoms. The Labute approximate surface area is 129 Å². The lowest BCUT2D eigenvalue weighted by Gasteiger charge is -2.02. The van der Waals surface area contributed by atoms with Gasteiger partial charge in [0.25, 0.3) is 5.91 Å². The molecular weight excluding hydrogens is 306 g/mol.